The molecule has 1 aliphatic rings. The van der Waals surface area contributed by atoms with Gasteiger partial charge in [0.2, 0.25) is 5.91 Å². The summed E-state index contributed by atoms with van der Waals surface area (Å²) in [5, 5.41) is 5.25. The highest BCUT2D eigenvalue weighted by atomic mass is 32.1. The minimum Gasteiger partial charge on any atom is -0.348 e. The molecule has 3 N–H and O–H groups in total. The van der Waals surface area contributed by atoms with Crippen LogP contribution in [0.2, 0.25) is 0 Å². The zero-order chi connectivity index (χ0) is 13.0. The standard InChI is InChI=1S/C14H22N2OS/c1-2-5-12(13-8-4-9-18-13)16-14(17)10-6-3-7-11(10)15/h4,8-12H,2-3,5-7,15H2,1H3,(H,16,17). The predicted molar refractivity (Wildman–Crippen MR) is 75.4 cm³/mol. The highest BCUT2D eigenvalue weighted by Gasteiger charge is 2.31. The lowest BCUT2D eigenvalue weighted by atomic mass is 10.0. The zero-order valence-corrected chi connectivity index (χ0v) is 11.7. The number of thiophene rings is 1. The summed E-state index contributed by atoms with van der Waals surface area (Å²) in [6, 6.07) is 4.35. The van der Waals surface area contributed by atoms with E-state index in [4.69, 9.17) is 5.73 Å². The minimum absolute atomic E-state index is 0.0179. The van der Waals surface area contributed by atoms with Crippen LogP contribution < -0.4 is 11.1 Å². The molecule has 0 aliphatic heterocycles. The van der Waals surface area contributed by atoms with Crippen molar-refractivity contribution in [1.29, 1.82) is 0 Å². The summed E-state index contributed by atoms with van der Waals surface area (Å²) in [7, 11) is 0. The van der Waals surface area contributed by atoms with E-state index in [1.807, 2.05) is 6.07 Å². The maximum Gasteiger partial charge on any atom is 0.225 e. The van der Waals surface area contributed by atoms with Crippen LogP contribution in [0.3, 0.4) is 0 Å². The normalized spacial score (nSPS) is 25.0. The first-order valence-electron chi connectivity index (χ1n) is 6.81. The van der Waals surface area contributed by atoms with Crippen LogP contribution in [0.4, 0.5) is 0 Å². The van der Waals surface area contributed by atoms with Crippen LogP contribution in [0.15, 0.2) is 17.5 Å². The van der Waals surface area contributed by atoms with Crippen LogP contribution in [0.1, 0.15) is 49.9 Å². The van der Waals surface area contributed by atoms with Crippen LogP contribution in [-0.4, -0.2) is 11.9 Å². The molecule has 100 valence electrons. The van der Waals surface area contributed by atoms with Gasteiger partial charge in [0.05, 0.1) is 12.0 Å². The smallest absolute Gasteiger partial charge is 0.225 e. The molecule has 18 heavy (non-hydrogen) atoms. The molecule has 0 aromatic carbocycles. The topological polar surface area (TPSA) is 55.1 Å². The summed E-state index contributed by atoms with van der Waals surface area (Å²) in [4.78, 5) is 13.5. The van der Waals surface area contributed by atoms with Gasteiger partial charge in [-0.05, 0) is 30.7 Å². The molecule has 1 aromatic rings. The molecular formula is C14H22N2OS. The van der Waals surface area contributed by atoms with Crippen molar-refractivity contribution in [3.63, 3.8) is 0 Å². The number of rotatable bonds is 5. The Labute approximate surface area is 113 Å². The molecule has 4 heteroatoms. The Morgan fingerprint density at radius 3 is 3.00 bits per heavy atom. The Balaban J connectivity index is 1.98. The van der Waals surface area contributed by atoms with Crippen molar-refractivity contribution in [2.24, 2.45) is 11.7 Å². The summed E-state index contributed by atoms with van der Waals surface area (Å²) in [6.45, 7) is 2.15. The predicted octanol–water partition coefficient (Wildman–Crippen LogP) is 2.83. The van der Waals surface area contributed by atoms with E-state index in [0.29, 0.717) is 0 Å². The lowest BCUT2D eigenvalue weighted by molar-refractivity contribution is -0.126. The molecule has 3 unspecified atom stereocenters. The van der Waals surface area contributed by atoms with Gasteiger partial charge in [-0.25, -0.2) is 0 Å². The Morgan fingerprint density at radius 1 is 1.61 bits per heavy atom. The fraction of sp³-hybridized carbons (Fsp3) is 0.643. The third-order valence-corrected chi connectivity index (χ3v) is 4.67. The molecule has 0 bridgehead atoms. The van der Waals surface area contributed by atoms with Gasteiger partial charge in [-0.2, -0.15) is 0 Å². The quantitative estimate of drug-likeness (QED) is 0.861. The van der Waals surface area contributed by atoms with Gasteiger partial charge in [0, 0.05) is 10.9 Å². The van der Waals surface area contributed by atoms with Crippen molar-refractivity contribution >= 4 is 17.2 Å². The summed E-state index contributed by atoms with van der Waals surface area (Å²) < 4.78 is 0. The average molecular weight is 266 g/mol. The summed E-state index contributed by atoms with van der Waals surface area (Å²) in [5.41, 5.74) is 5.99. The van der Waals surface area contributed by atoms with E-state index < -0.39 is 0 Å². The average Bonchev–Trinajstić information content (AvgIpc) is 2.98. The first-order valence-corrected chi connectivity index (χ1v) is 7.69. The Bertz CT molecular complexity index is 377. The van der Waals surface area contributed by atoms with Crippen LogP contribution in [0, 0.1) is 5.92 Å². The van der Waals surface area contributed by atoms with E-state index in [1.165, 1.54) is 4.88 Å². The molecule has 0 spiro atoms. The van der Waals surface area contributed by atoms with E-state index in [0.717, 1.165) is 32.1 Å². The first kappa shape index (κ1) is 13.6. The Morgan fingerprint density at radius 2 is 2.44 bits per heavy atom. The molecule has 1 saturated carbocycles. The molecule has 0 saturated heterocycles. The maximum atomic E-state index is 12.2. The zero-order valence-electron chi connectivity index (χ0n) is 10.9. The number of carbonyl (C=O) groups excluding carboxylic acids is 1. The van der Waals surface area contributed by atoms with Gasteiger partial charge in [0.15, 0.2) is 0 Å². The minimum atomic E-state index is 0.0179. The third kappa shape index (κ3) is 3.12. The van der Waals surface area contributed by atoms with Gasteiger partial charge in [0.25, 0.3) is 0 Å². The Kier molecular flexibility index (Phi) is 4.78. The monoisotopic (exact) mass is 266 g/mol. The van der Waals surface area contributed by atoms with E-state index >= 15 is 0 Å². The molecule has 1 amide bonds. The lowest BCUT2D eigenvalue weighted by Crippen LogP contribution is -2.40. The Hall–Kier alpha value is -0.870. The number of nitrogens with one attached hydrogen (secondary N) is 1. The molecule has 1 aliphatic carbocycles. The van der Waals surface area contributed by atoms with Crippen molar-refractivity contribution in [2.45, 2.75) is 51.1 Å². The van der Waals surface area contributed by atoms with Gasteiger partial charge in [-0.3, -0.25) is 4.79 Å². The summed E-state index contributed by atoms with van der Waals surface area (Å²) in [6.07, 6.45) is 5.07. The largest absolute Gasteiger partial charge is 0.348 e. The van der Waals surface area contributed by atoms with Crippen molar-refractivity contribution < 1.29 is 4.79 Å². The molecule has 0 radical (unpaired) electrons. The lowest BCUT2D eigenvalue weighted by Gasteiger charge is -2.21. The number of carbonyl (C=O) groups is 1. The maximum absolute atomic E-state index is 12.2. The van der Waals surface area contributed by atoms with Gasteiger partial charge in [-0.15, -0.1) is 11.3 Å². The second-order valence-corrected chi connectivity index (χ2v) is 6.05. The van der Waals surface area contributed by atoms with Gasteiger partial charge in [-0.1, -0.05) is 25.8 Å². The molecule has 3 nitrogen and oxygen atoms in total. The van der Waals surface area contributed by atoms with Crippen molar-refractivity contribution in [2.75, 3.05) is 0 Å². The van der Waals surface area contributed by atoms with Crippen LogP contribution in [0.5, 0.6) is 0 Å². The van der Waals surface area contributed by atoms with Gasteiger partial charge in [0.1, 0.15) is 0 Å². The summed E-state index contributed by atoms with van der Waals surface area (Å²) in [5.74, 6) is 0.163. The highest BCUT2D eigenvalue weighted by Crippen LogP contribution is 2.27. The number of nitrogens with two attached hydrogens (primary N) is 1. The van der Waals surface area contributed by atoms with Crippen LogP contribution >= 0.6 is 11.3 Å². The number of hydrogen-bond donors (Lipinski definition) is 2. The van der Waals surface area contributed by atoms with Gasteiger partial charge >= 0.3 is 0 Å². The molecule has 2 rings (SSSR count). The van der Waals surface area contributed by atoms with E-state index in [2.05, 4.69) is 23.7 Å². The van der Waals surface area contributed by atoms with Crippen molar-refractivity contribution in [3.8, 4) is 0 Å². The van der Waals surface area contributed by atoms with Crippen LogP contribution in [-0.2, 0) is 4.79 Å². The highest BCUT2D eigenvalue weighted by molar-refractivity contribution is 7.10. The summed E-state index contributed by atoms with van der Waals surface area (Å²) >= 11 is 1.71. The van der Waals surface area contributed by atoms with E-state index in [-0.39, 0.29) is 23.9 Å². The van der Waals surface area contributed by atoms with E-state index in [9.17, 15) is 4.79 Å². The fourth-order valence-electron chi connectivity index (χ4n) is 2.66. The first-order chi connectivity index (χ1) is 8.72. The molecular weight excluding hydrogens is 244 g/mol. The van der Waals surface area contributed by atoms with Crippen LogP contribution in [0.25, 0.3) is 0 Å². The van der Waals surface area contributed by atoms with E-state index in [1.54, 1.807) is 11.3 Å². The molecule has 1 aromatic heterocycles. The molecule has 1 fully saturated rings. The number of hydrogen-bond acceptors (Lipinski definition) is 3. The fourth-order valence-corrected chi connectivity index (χ4v) is 3.47. The van der Waals surface area contributed by atoms with Gasteiger partial charge < -0.3 is 11.1 Å². The second-order valence-electron chi connectivity index (χ2n) is 5.07. The van der Waals surface area contributed by atoms with Crippen molar-refractivity contribution in [1.82, 2.24) is 5.32 Å². The number of amides is 1. The SMILES string of the molecule is CCCC(NC(=O)C1CCCC1N)c1cccs1. The van der Waals surface area contributed by atoms with Crippen molar-refractivity contribution in [3.05, 3.63) is 22.4 Å². The molecule has 1 heterocycles. The third-order valence-electron chi connectivity index (χ3n) is 3.69. The second kappa shape index (κ2) is 6.34. The molecule has 3 atom stereocenters.